The van der Waals surface area contributed by atoms with Crippen LogP contribution < -0.4 is 5.32 Å². The van der Waals surface area contributed by atoms with E-state index >= 15 is 0 Å². The molecule has 0 fully saturated rings. The maximum Gasteiger partial charge on any atom is 0.259 e. The molecule has 0 aromatic rings. The topological polar surface area (TPSA) is 79.2 Å². The number of ether oxygens (including phenoxy) is 2. The first kappa shape index (κ1) is 37.8. The van der Waals surface area contributed by atoms with E-state index in [1.807, 2.05) is 0 Å². The van der Waals surface area contributed by atoms with Gasteiger partial charge < -0.3 is 23.8 Å². The first-order chi connectivity index (χ1) is 21.0. The van der Waals surface area contributed by atoms with Crippen molar-refractivity contribution >= 4 is 8.53 Å². The van der Waals surface area contributed by atoms with Gasteiger partial charge in [-0.05, 0) is 78.7 Å². The maximum atomic E-state index is 8.90. The molecule has 0 aliphatic heterocycles. The number of hydrogen-bond acceptors (Lipinski definition) is 8. The predicted octanol–water partition coefficient (Wildman–Crippen LogP) is 6.78. The number of nitrogens with one attached hydrogen (secondary N) is 1. The highest BCUT2D eigenvalue weighted by Crippen LogP contribution is 2.45. The van der Waals surface area contributed by atoms with E-state index in [-0.39, 0.29) is 0 Å². The van der Waals surface area contributed by atoms with E-state index in [4.69, 9.17) is 23.8 Å². The van der Waals surface area contributed by atoms with E-state index < -0.39 is 8.53 Å². The van der Waals surface area contributed by atoms with Crippen molar-refractivity contribution in [3.63, 3.8) is 0 Å². The second-order valence-corrected chi connectivity index (χ2v) is 13.1. The van der Waals surface area contributed by atoms with Gasteiger partial charge in [0, 0.05) is 51.5 Å². The third-order valence-corrected chi connectivity index (χ3v) is 9.47. The summed E-state index contributed by atoms with van der Waals surface area (Å²) in [4.78, 5) is 2.45. The molecule has 9 heteroatoms. The molecule has 2 aliphatic carbocycles. The minimum atomic E-state index is -1.17. The Balaban J connectivity index is 1.63. The van der Waals surface area contributed by atoms with Crippen LogP contribution in [0.2, 0.25) is 0 Å². The van der Waals surface area contributed by atoms with Crippen molar-refractivity contribution in [3.8, 4) is 6.07 Å². The van der Waals surface area contributed by atoms with Crippen LogP contribution in [0.4, 0.5) is 0 Å². The molecule has 2 rings (SSSR count). The van der Waals surface area contributed by atoms with Crippen molar-refractivity contribution in [2.75, 3.05) is 72.4 Å². The molecular weight excluding hydrogens is 559 g/mol. The highest BCUT2D eigenvalue weighted by atomic mass is 31.2. The molecule has 0 radical (unpaired) electrons. The Morgan fingerprint density at radius 3 is 2.21 bits per heavy atom. The number of nitrogens with zero attached hydrogens (tertiary/aromatic N) is 3. The van der Waals surface area contributed by atoms with E-state index in [1.165, 1.54) is 5.57 Å². The molecule has 1 atom stereocenters. The molecule has 0 aromatic heterocycles. The van der Waals surface area contributed by atoms with Gasteiger partial charge in [0.2, 0.25) is 0 Å². The van der Waals surface area contributed by atoms with Gasteiger partial charge >= 0.3 is 0 Å². The number of rotatable bonds is 28. The smallest absolute Gasteiger partial charge is 0.259 e. The highest BCUT2D eigenvalue weighted by molar-refractivity contribution is 7.44. The molecule has 0 heterocycles. The van der Waals surface area contributed by atoms with E-state index in [1.54, 1.807) is 0 Å². The van der Waals surface area contributed by atoms with Gasteiger partial charge in [0.15, 0.2) is 0 Å². The Bertz CT molecular complexity index is 851. The van der Waals surface area contributed by atoms with Gasteiger partial charge in [0.05, 0.1) is 38.9 Å². The van der Waals surface area contributed by atoms with Crippen LogP contribution in [0.15, 0.2) is 48.1 Å². The largest absolute Gasteiger partial charge is 0.380 e. The lowest BCUT2D eigenvalue weighted by atomic mass is 10.1. The lowest BCUT2D eigenvalue weighted by Gasteiger charge is -2.35. The Hall–Kier alpha value is -1.40. The third kappa shape index (κ3) is 18.2. The van der Waals surface area contributed by atoms with Crippen LogP contribution in [-0.4, -0.2) is 94.0 Å². The molecule has 43 heavy (non-hydrogen) atoms. The molecule has 0 spiro atoms. The number of nitriles is 1. The van der Waals surface area contributed by atoms with Crippen LogP contribution in [0, 0.1) is 17.2 Å². The normalized spacial score (nSPS) is 15.6. The Kier molecular flexibility index (Phi) is 21.9. The average Bonchev–Trinajstić information content (AvgIpc) is 3.70. The SMILES string of the molecule is CC(C)N(C(C)C)P(OCCC#N)OCCCNCCN(CCOCCCC1=CC=CC1)CCOCCCC1C=CC=C1. The van der Waals surface area contributed by atoms with Gasteiger partial charge in [0.1, 0.15) is 0 Å². The van der Waals surface area contributed by atoms with E-state index in [0.29, 0.717) is 37.6 Å². The third-order valence-electron chi connectivity index (χ3n) is 7.36. The molecule has 244 valence electrons. The first-order valence-electron chi connectivity index (χ1n) is 16.5. The number of hydrogen-bond donors (Lipinski definition) is 1. The van der Waals surface area contributed by atoms with Gasteiger partial charge in [-0.3, -0.25) is 4.90 Å². The van der Waals surface area contributed by atoms with E-state index in [0.717, 1.165) is 97.7 Å². The summed E-state index contributed by atoms with van der Waals surface area (Å²) in [5, 5.41) is 12.5. The average molecular weight is 619 g/mol. The molecule has 0 saturated carbocycles. The van der Waals surface area contributed by atoms with Gasteiger partial charge in [0.25, 0.3) is 8.53 Å². The fraction of sp³-hybridized carbons (Fsp3) is 0.735. The maximum absolute atomic E-state index is 8.90. The molecular formula is C34H59N4O4P. The van der Waals surface area contributed by atoms with Crippen LogP contribution in [0.3, 0.4) is 0 Å². The Labute approximate surface area is 264 Å². The fourth-order valence-corrected chi connectivity index (χ4v) is 6.74. The summed E-state index contributed by atoms with van der Waals surface area (Å²) in [6, 6.07) is 2.78. The van der Waals surface area contributed by atoms with Crippen LogP contribution in [-0.2, 0) is 18.5 Å². The Morgan fingerprint density at radius 1 is 0.860 bits per heavy atom. The summed E-state index contributed by atoms with van der Waals surface area (Å²) in [5.74, 6) is 0.586. The Morgan fingerprint density at radius 2 is 1.56 bits per heavy atom. The second kappa shape index (κ2) is 24.9. The summed E-state index contributed by atoms with van der Waals surface area (Å²) in [6.07, 6.45) is 22.3. The van der Waals surface area contributed by atoms with Crippen molar-refractivity contribution in [1.29, 1.82) is 5.26 Å². The molecule has 0 saturated heterocycles. The molecule has 1 N–H and O–H groups in total. The van der Waals surface area contributed by atoms with Gasteiger partial charge in [-0.15, -0.1) is 0 Å². The van der Waals surface area contributed by atoms with Crippen LogP contribution in [0.1, 0.15) is 72.6 Å². The number of allylic oxidation sites excluding steroid dienone is 8. The zero-order chi connectivity index (χ0) is 31.0. The van der Waals surface area contributed by atoms with Crippen molar-refractivity contribution in [1.82, 2.24) is 14.9 Å². The second-order valence-electron chi connectivity index (χ2n) is 11.7. The van der Waals surface area contributed by atoms with Crippen LogP contribution in [0.25, 0.3) is 0 Å². The van der Waals surface area contributed by atoms with Gasteiger partial charge in [-0.25, -0.2) is 4.67 Å². The minimum absolute atomic E-state index is 0.314. The van der Waals surface area contributed by atoms with Crippen LogP contribution >= 0.6 is 8.53 Å². The summed E-state index contributed by atoms with van der Waals surface area (Å²) in [6.45, 7) is 17.4. The fourth-order valence-electron chi connectivity index (χ4n) is 5.11. The van der Waals surface area contributed by atoms with Crippen molar-refractivity contribution in [2.45, 2.75) is 84.7 Å². The van der Waals surface area contributed by atoms with E-state index in [9.17, 15) is 0 Å². The van der Waals surface area contributed by atoms with Crippen molar-refractivity contribution in [2.24, 2.45) is 5.92 Å². The zero-order valence-electron chi connectivity index (χ0n) is 27.4. The van der Waals surface area contributed by atoms with E-state index in [2.05, 4.69) is 91.2 Å². The quantitative estimate of drug-likeness (QED) is 0.0759. The zero-order valence-corrected chi connectivity index (χ0v) is 28.3. The molecule has 8 nitrogen and oxygen atoms in total. The summed E-state index contributed by atoms with van der Waals surface area (Å²) < 4.78 is 26.4. The monoisotopic (exact) mass is 618 g/mol. The minimum Gasteiger partial charge on any atom is -0.380 e. The summed E-state index contributed by atoms with van der Waals surface area (Å²) in [5.41, 5.74) is 1.51. The molecule has 0 amide bonds. The summed E-state index contributed by atoms with van der Waals surface area (Å²) >= 11 is 0. The van der Waals surface area contributed by atoms with Crippen LogP contribution in [0.5, 0.6) is 0 Å². The molecule has 0 bridgehead atoms. The summed E-state index contributed by atoms with van der Waals surface area (Å²) in [7, 11) is -1.17. The first-order valence-corrected chi connectivity index (χ1v) is 17.6. The molecule has 1 unspecified atom stereocenters. The lowest BCUT2D eigenvalue weighted by molar-refractivity contribution is 0.0727. The lowest BCUT2D eigenvalue weighted by Crippen LogP contribution is -2.37. The molecule has 2 aliphatic rings. The highest BCUT2D eigenvalue weighted by Gasteiger charge is 2.26. The van der Waals surface area contributed by atoms with Gasteiger partial charge in [-0.1, -0.05) is 48.1 Å². The standard InChI is InChI=1S/C34H59N4O4P/c1-31(2)38(32(3)4)43(41-27-11-19-35)42-28-12-20-36-21-22-37(23-29-39-25-9-17-33-13-5-6-14-33)24-30-40-26-10-18-34-15-7-8-16-34/h5-8,13-15,31-33,36H,9-12,16-18,20-30H2,1-4H3. The predicted molar refractivity (Wildman–Crippen MR) is 179 cm³/mol. The van der Waals surface area contributed by atoms with Gasteiger partial charge in [-0.2, -0.15) is 5.26 Å². The van der Waals surface area contributed by atoms with Crippen molar-refractivity contribution in [3.05, 3.63) is 48.1 Å². The molecule has 0 aromatic carbocycles. The van der Waals surface area contributed by atoms with Crippen molar-refractivity contribution < 1.29 is 18.5 Å².